The molecule has 0 amide bonds. The molecule has 0 spiro atoms. The summed E-state index contributed by atoms with van der Waals surface area (Å²) in [5, 5.41) is 13.4. The van der Waals surface area contributed by atoms with E-state index in [9.17, 15) is 31.4 Å². The number of aromatic nitrogens is 3. The van der Waals surface area contributed by atoms with Crippen molar-refractivity contribution in [3.8, 4) is 11.8 Å². The average Bonchev–Trinajstić information content (AvgIpc) is 2.42. The smallest absolute Gasteiger partial charge is 0.378 e. The zero-order chi connectivity index (χ0) is 20.3. The molecule has 1 heterocycles. The standard InChI is InChI=1S/C14H17F6N5O/c1-7(13(15,16)17)21-10-23-9(5-6-12(3,4)26)24-11(25-10)22-8(2)14(18,19)20/h7-8,26H,1-4H3,(H2,21,22,23,24,25)/t7-,8-/m1/s1. The van der Waals surface area contributed by atoms with Crippen LogP contribution >= 0.6 is 0 Å². The van der Waals surface area contributed by atoms with Gasteiger partial charge < -0.3 is 15.7 Å². The first kappa shape index (κ1) is 21.8. The molecule has 0 radical (unpaired) electrons. The van der Waals surface area contributed by atoms with Gasteiger partial charge >= 0.3 is 12.4 Å². The summed E-state index contributed by atoms with van der Waals surface area (Å²) >= 11 is 0. The molecule has 2 atom stereocenters. The van der Waals surface area contributed by atoms with Gasteiger partial charge in [-0.05, 0) is 33.6 Å². The number of rotatable bonds is 4. The Hall–Kier alpha value is -2.29. The quantitative estimate of drug-likeness (QED) is 0.546. The molecule has 1 aromatic heterocycles. The lowest BCUT2D eigenvalue weighted by molar-refractivity contribution is -0.139. The Balaban J connectivity index is 3.23. The van der Waals surface area contributed by atoms with Crippen molar-refractivity contribution in [2.75, 3.05) is 10.6 Å². The van der Waals surface area contributed by atoms with Crippen molar-refractivity contribution in [3.63, 3.8) is 0 Å². The van der Waals surface area contributed by atoms with Crippen molar-refractivity contribution in [1.82, 2.24) is 15.0 Å². The van der Waals surface area contributed by atoms with Gasteiger partial charge in [-0.1, -0.05) is 5.92 Å². The molecule has 0 bridgehead atoms. The van der Waals surface area contributed by atoms with E-state index in [1.165, 1.54) is 13.8 Å². The van der Waals surface area contributed by atoms with Gasteiger partial charge in [-0.2, -0.15) is 41.3 Å². The van der Waals surface area contributed by atoms with Crippen molar-refractivity contribution in [3.05, 3.63) is 5.82 Å². The molecule has 6 nitrogen and oxygen atoms in total. The summed E-state index contributed by atoms with van der Waals surface area (Å²) in [5.74, 6) is 2.97. The first-order chi connectivity index (χ1) is 11.6. The minimum absolute atomic E-state index is 0.407. The molecule has 0 aliphatic carbocycles. The Kier molecular flexibility index (Phi) is 6.30. The largest absolute Gasteiger partial charge is 0.408 e. The van der Waals surface area contributed by atoms with Crippen LogP contribution in [0.25, 0.3) is 0 Å². The van der Waals surface area contributed by atoms with E-state index < -0.39 is 47.8 Å². The summed E-state index contributed by atoms with van der Waals surface area (Å²) in [4.78, 5) is 10.8. The summed E-state index contributed by atoms with van der Waals surface area (Å²) in [6, 6.07) is -4.12. The fourth-order valence-electron chi connectivity index (χ4n) is 1.32. The number of nitrogens with one attached hydrogen (secondary N) is 2. The highest BCUT2D eigenvalue weighted by Crippen LogP contribution is 2.24. The molecule has 26 heavy (non-hydrogen) atoms. The zero-order valence-corrected chi connectivity index (χ0v) is 14.2. The molecule has 12 heteroatoms. The molecule has 0 aliphatic heterocycles. The lowest BCUT2D eigenvalue weighted by atomic mass is 10.1. The highest BCUT2D eigenvalue weighted by atomic mass is 19.4. The number of hydrogen-bond acceptors (Lipinski definition) is 6. The second kappa shape index (κ2) is 7.53. The summed E-state index contributed by atoms with van der Waals surface area (Å²) in [6.07, 6.45) is -9.25. The van der Waals surface area contributed by atoms with E-state index in [0.717, 1.165) is 13.8 Å². The third-order valence-electron chi connectivity index (χ3n) is 2.79. The Morgan fingerprint density at radius 1 is 0.846 bits per heavy atom. The van der Waals surface area contributed by atoms with Crippen LogP contribution < -0.4 is 10.6 Å². The molecule has 0 aliphatic rings. The van der Waals surface area contributed by atoms with Gasteiger partial charge in [-0.25, -0.2) is 0 Å². The zero-order valence-electron chi connectivity index (χ0n) is 14.2. The lowest BCUT2D eigenvalue weighted by Crippen LogP contribution is -2.35. The number of halogens is 6. The van der Waals surface area contributed by atoms with Gasteiger partial charge in [0.15, 0.2) is 0 Å². The summed E-state index contributed by atoms with van der Waals surface area (Å²) in [6.45, 7) is 4.24. The molecule has 0 unspecified atom stereocenters. The van der Waals surface area contributed by atoms with Crippen molar-refractivity contribution in [2.45, 2.75) is 57.7 Å². The van der Waals surface area contributed by atoms with Crippen LogP contribution in [-0.2, 0) is 0 Å². The van der Waals surface area contributed by atoms with E-state index in [0.29, 0.717) is 0 Å². The van der Waals surface area contributed by atoms with Crippen LogP contribution in [0.4, 0.5) is 38.2 Å². The van der Waals surface area contributed by atoms with E-state index in [1.807, 2.05) is 10.6 Å². The summed E-state index contributed by atoms with van der Waals surface area (Å²) in [7, 11) is 0. The van der Waals surface area contributed by atoms with Crippen molar-refractivity contribution >= 4 is 11.9 Å². The number of alkyl halides is 6. The van der Waals surface area contributed by atoms with Gasteiger partial charge in [-0.15, -0.1) is 0 Å². The third kappa shape index (κ3) is 7.30. The molecule has 3 N–H and O–H groups in total. The number of anilines is 2. The molecule has 1 aromatic rings. The van der Waals surface area contributed by atoms with Crippen LogP contribution in [-0.4, -0.2) is 50.1 Å². The van der Waals surface area contributed by atoms with E-state index in [1.54, 1.807) is 0 Å². The van der Waals surface area contributed by atoms with Gasteiger partial charge in [-0.3, -0.25) is 0 Å². The Labute approximate surface area is 145 Å². The van der Waals surface area contributed by atoms with Gasteiger partial charge in [0.2, 0.25) is 17.7 Å². The molecule has 146 valence electrons. The van der Waals surface area contributed by atoms with Gasteiger partial charge in [0.05, 0.1) is 0 Å². The normalized spacial score (nSPS) is 14.9. The first-order valence-corrected chi connectivity index (χ1v) is 7.26. The van der Waals surface area contributed by atoms with Crippen LogP contribution in [0.2, 0.25) is 0 Å². The maximum Gasteiger partial charge on any atom is 0.408 e. The van der Waals surface area contributed by atoms with Gasteiger partial charge in [0.1, 0.15) is 17.7 Å². The molecule has 0 saturated carbocycles. The molecule has 1 rings (SSSR count). The number of nitrogens with zero attached hydrogens (tertiary/aromatic N) is 3. The van der Waals surface area contributed by atoms with Gasteiger partial charge in [0, 0.05) is 0 Å². The maximum absolute atomic E-state index is 12.6. The van der Waals surface area contributed by atoms with E-state index in [2.05, 4.69) is 26.8 Å². The lowest BCUT2D eigenvalue weighted by Gasteiger charge is -2.19. The van der Waals surface area contributed by atoms with E-state index >= 15 is 0 Å². The summed E-state index contributed by atoms with van der Waals surface area (Å²) < 4.78 is 75.9. The number of hydrogen-bond donors (Lipinski definition) is 3. The highest BCUT2D eigenvalue weighted by Gasteiger charge is 2.38. The SMILES string of the molecule is C[C@@H](Nc1nc(C#CC(C)(C)O)nc(N[C@H](C)C(F)(F)F)n1)C(F)(F)F. The minimum Gasteiger partial charge on any atom is -0.378 e. The van der Waals surface area contributed by atoms with Crippen molar-refractivity contribution in [1.29, 1.82) is 0 Å². The maximum atomic E-state index is 12.6. The Morgan fingerprint density at radius 2 is 1.23 bits per heavy atom. The van der Waals surface area contributed by atoms with Gasteiger partial charge in [0.25, 0.3) is 0 Å². The predicted octanol–water partition coefficient (Wildman–Crippen LogP) is 2.72. The first-order valence-electron chi connectivity index (χ1n) is 7.26. The fourth-order valence-corrected chi connectivity index (χ4v) is 1.32. The van der Waals surface area contributed by atoms with Crippen LogP contribution in [0.5, 0.6) is 0 Å². The fraction of sp³-hybridized carbons (Fsp3) is 0.643. The van der Waals surface area contributed by atoms with Crippen molar-refractivity contribution < 1.29 is 31.4 Å². The molecule has 0 saturated heterocycles. The topological polar surface area (TPSA) is 83.0 Å². The van der Waals surface area contributed by atoms with E-state index in [-0.39, 0.29) is 0 Å². The molecular weight excluding hydrogens is 368 g/mol. The van der Waals surface area contributed by atoms with Crippen LogP contribution in [0.3, 0.4) is 0 Å². The van der Waals surface area contributed by atoms with Crippen LogP contribution in [0.15, 0.2) is 0 Å². The molecule has 0 fully saturated rings. The van der Waals surface area contributed by atoms with Crippen LogP contribution in [0, 0.1) is 11.8 Å². The van der Waals surface area contributed by atoms with Crippen molar-refractivity contribution in [2.24, 2.45) is 0 Å². The Morgan fingerprint density at radius 3 is 1.54 bits per heavy atom. The predicted molar refractivity (Wildman–Crippen MR) is 81.3 cm³/mol. The molecule has 0 aromatic carbocycles. The molecular formula is C14H17F6N5O. The average molecular weight is 385 g/mol. The minimum atomic E-state index is -4.63. The summed E-state index contributed by atoms with van der Waals surface area (Å²) in [5.41, 5.74) is -1.47. The third-order valence-corrected chi connectivity index (χ3v) is 2.79. The van der Waals surface area contributed by atoms with E-state index in [4.69, 9.17) is 0 Å². The Bertz CT molecular complexity index is 646. The monoisotopic (exact) mass is 385 g/mol. The number of aliphatic hydroxyl groups is 1. The highest BCUT2D eigenvalue weighted by molar-refractivity contribution is 5.40. The van der Waals surface area contributed by atoms with Crippen LogP contribution in [0.1, 0.15) is 33.5 Å². The second-order valence-corrected chi connectivity index (χ2v) is 5.93. The second-order valence-electron chi connectivity index (χ2n) is 5.93.